The van der Waals surface area contributed by atoms with Gasteiger partial charge in [-0.05, 0) is 36.5 Å². The fraction of sp³-hybridized carbons (Fsp3) is 0.0667. The van der Waals surface area contributed by atoms with Crippen molar-refractivity contribution in [2.24, 2.45) is 0 Å². The maximum atomic E-state index is 11.8. The molecule has 3 rings (SSSR count). The molecule has 8 nitrogen and oxygen atoms in total. The second-order valence-electron chi connectivity index (χ2n) is 4.77. The van der Waals surface area contributed by atoms with Gasteiger partial charge in [-0.3, -0.25) is 20.2 Å². The zero-order valence-corrected chi connectivity index (χ0v) is 13.3. The lowest BCUT2D eigenvalue weighted by molar-refractivity contribution is -0.114. The Balaban J connectivity index is 1.69. The number of rotatable bonds is 3. The van der Waals surface area contributed by atoms with E-state index in [1.807, 2.05) is 0 Å². The highest BCUT2D eigenvalue weighted by molar-refractivity contribution is 7.80. The van der Waals surface area contributed by atoms with E-state index in [4.69, 9.17) is 21.1 Å². The number of aromatic nitrogens is 1. The number of carbonyl (C=O) groups is 2. The van der Waals surface area contributed by atoms with Gasteiger partial charge in [-0.1, -0.05) is 0 Å². The molecule has 0 radical (unpaired) electrons. The van der Waals surface area contributed by atoms with Crippen molar-refractivity contribution in [3.63, 3.8) is 0 Å². The van der Waals surface area contributed by atoms with Gasteiger partial charge in [0.1, 0.15) is 5.52 Å². The maximum Gasteiger partial charge on any atom is 0.302 e. The first kappa shape index (κ1) is 15.7. The summed E-state index contributed by atoms with van der Waals surface area (Å²) in [7, 11) is 0. The molecule has 2 aromatic heterocycles. The summed E-state index contributed by atoms with van der Waals surface area (Å²) < 4.78 is 10.5. The molecule has 2 amide bonds. The molecule has 0 atom stereocenters. The van der Waals surface area contributed by atoms with Crippen LogP contribution in [0.25, 0.3) is 11.1 Å². The minimum atomic E-state index is -0.485. The van der Waals surface area contributed by atoms with Gasteiger partial charge in [0.25, 0.3) is 5.91 Å². The first-order chi connectivity index (χ1) is 11.5. The van der Waals surface area contributed by atoms with Gasteiger partial charge in [0.2, 0.25) is 5.91 Å². The van der Waals surface area contributed by atoms with Gasteiger partial charge >= 0.3 is 6.01 Å². The van der Waals surface area contributed by atoms with E-state index in [9.17, 15) is 9.59 Å². The third-order valence-electron chi connectivity index (χ3n) is 2.90. The third kappa shape index (κ3) is 3.58. The van der Waals surface area contributed by atoms with Gasteiger partial charge in [0.05, 0.1) is 6.26 Å². The Hall–Kier alpha value is -3.20. The summed E-state index contributed by atoms with van der Waals surface area (Å²) in [6.45, 7) is 1.41. The quantitative estimate of drug-likeness (QED) is 0.626. The Bertz CT molecular complexity index is 917. The fourth-order valence-corrected chi connectivity index (χ4v) is 2.14. The predicted octanol–water partition coefficient (Wildman–Crippen LogP) is 2.51. The molecular weight excluding hydrogens is 332 g/mol. The predicted molar refractivity (Wildman–Crippen MR) is 90.7 cm³/mol. The number of benzene rings is 1. The van der Waals surface area contributed by atoms with Gasteiger partial charge < -0.3 is 14.2 Å². The third-order valence-corrected chi connectivity index (χ3v) is 3.11. The number of nitrogens with one attached hydrogen (secondary N) is 3. The summed E-state index contributed by atoms with van der Waals surface area (Å²) >= 11 is 5.03. The number of thiocarbonyl (C=S) groups is 1. The van der Waals surface area contributed by atoms with Crippen molar-refractivity contribution in [1.29, 1.82) is 0 Å². The van der Waals surface area contributed by atoms with Crippen LogP contribution in [0.15, 0.2) is 45.4 Å². The highest BCUT2D eigenvalue weighted by Crippen LogP contribution is 2.22. The molecule has 0 unspecified atom stereocenters. The fourth-order valence-electron chi connectivity index (χ4n) is 1.96. The topological polar surface area (TPSA) is 109 Å². The van der Waals surface area contributed by atoms with E-state index >= 15 is 0 Å². The molecule has 0 fully saturated rings. The first-order valence-electron chi connectivity index (χ1n) is 6.85. The lowest BCUT2D eigenvalue weighted by atomic mass is 10.3. The number of furan rings is 1. The van der Waals surface area contributed by atoms with E-state index in [1.54, 1.807) is 24.3 Å². The van der Waals surface area contributed by atoms with E-state index < -0.39 is 5.91 Å². The first-order valence-corrected chi connectivity index (χ1v) is 7.26. The summed E-state index contributed by atoms with van der Waals surface area (Å²) in [5.74, 6) is -0.535. The summed E-state index contributed by atoms with van der Waals surface area (Å²) in [5.41, 5.74) is 1.63. The molecule has 0 bridgehead atoms. The molecular formula is C15H12N4O4S. The lowest BCUT2D eigenvalue weighted by Crippen LogP contribution is -2.33. The van der Waals surface area contributed by atoms with E-state index in [-0.39, 0.29) is 22.8 Å². The molecule has 0 saturated heterocycles. The van der Waals surface area contributed by atoms with Crippen molar-refractivity contribution in [3.05, 3.63) is 42.4 Å². The molecule has 3 aromatic rings. The minimum absolute atomic E-state index is 0.0186. The SMILES string of the molecule is CC(=O)Nc1ccc2nc(NC(=S)NC(=O)c3ccco3)oc2c1. The highest BCUT2D eigenvalue weighted by Gasteiger charge is 2.13. The van der Waals surface area contributed by atoms with Crippen LogP contribution in [0, 0.1) is 0 Å². The molecule has 0 spiro atoms. The largest absolute Gasteiger partial charge is 0.459 e. The molecule has 0 saturated carbocycles. The highest BCUT2D eigenvalue weighted by atomic mass is 32.1. The van der Waals surface area contributed by atoms with Crippen LogP contribution in [0.1, 0.15) is 17.5 Å². The van der Waals surface area contributed by atoms with Crippen LogP contribution in [-0.4, -0.2) is 21.9 Å². The Labute approximate surface area is 141 Å². The van der Waals surface area contributed by atoms with Gasteiger partial charge in [-0.25, -0.2) is 0 Å². The van der Waals surface area contributed by atoms with Crippen molar-refractivity contribution in [2.75, 3.05) is 10.6 Å². The Morgan fingerprint density at radius 1 is 1.21 bits per heavy atom. The van der Waals surface area contributed by atoms with Crippen LogP contribution >= 0.6 is 12.2 Å². The molecule has 9 heteroatoms. The molecule has 0 aliphatic carbocycles. The zero-order valence-electron chi connectivity index (χ0n) is 12.5. The number of fused-ring (bicyclic) bond motifs is 1. The van der Waals surface area contributed by atoms with E-state index in [0.717, 1.165) is 0 Å². The number of oxazole rings is 1. The number of anilines is 2. The summed E-state index contributed by atoms with van der Waals surface area (Å²) in [6.07, 6.45) is 1.39. The summed E-state index contributed by atoms with van der Waals surface area (Å²) in [5, 5.41) is 7.79. The van der Waals surface area contributed by atoms with Crippen LogP contribution in [0.4, 0.5) is 11.7 Å². The van der Waals surface area contributed by atoms with E-state index in [1.165, 1.54) is 19.3 Å². The standard InChI is InChI=1S/C15H12N4O4S/c1-8(20)16-9-4-5-10-12(7-9)23-14(17-10)19-15(24)18-13(21)11-3-2-6-22-11/h2-7H,1H3,(H,16,20)(H2,17,18,19,21,24). The molecule has 1 aromatic carbocycles. The molecule has 2 heterocycles. The zero-order chi connectivity index (χ0) is 17.1. The second kappa shape index (κ2) is 6.50. The lowest BCUT2D eigenvalue weighted by Gasteiger charge is -2.04. The maximum absolute atomic E-state index is 11.8. The van der Waals surface area contributed by atoms with Crippen LogP contribution in [-0.2, 0) is 4.79 Å². The van der Waals surface area contributed by atoms with Crippen molar-refractivity contribution < 1.29 is 18.4 Å². The molecule has 0 aliphatic heterocycles. The van der Waals surface area contributed by atoms with Gasteiger partial charge in [0, 0.05) is 18.7 Å². The smallest absolute Gasteiger partial charge is 0.302 e. The molecule has 0 aliphatic rings. The number of carbonyl (C=O) groups excluding carboxylic acids is 2. The van der Waals surface area contributed by atoms with Crippen molar-refractivity contribution >= 4 is 51.9 Å². The van der Waals surface area contributed by atoms with Crippen LogP contribution < -0.4 is 16.0 Å². The number of amides is 2. The van der Waals surface area contributed by atoms with Crippen LogP contribution in [0.5, 0.6) is 0 Å². The molecule has 3 N–H and O–H groups in total. The van der Waals surface area contributed by atoms with Crippen molar-refractivity contribution in [2.45, 2.75) is 6.92 Å². The molecule has 122 valence electrons. The molecule has 24 heavy (non-hydrogen) atoms. The van der Waals surface area contributed by atoms with Crippen LogP contribution in [0.2, 0.25) is 0 Å². The van der Waals surface area contributed by atoms with Gasteiger partial charge in [-0.2, -0.15) is 4.98 Å². The Morgan fingerprint density at radius 3 is 2.75 bits per heavy atom. The van der Waals surface area contributed by atoms with Crippen molar-refractivity contribution in [1.82, 2.24) is 10.3 Å². The average Bonchev–Trinajstić information content (AvgIpc) is 3.14. The Kier molecular flexibility index (Phi) is 4.25. The van der Waals surface area contributed by atoms with E-state index in [0.29, 0.717) is 16.8 Å². The second-order valence-corrected chi connectivity index (χ2v) is 5.18. The average molecular weight is 344 g/mol. The van der Waals surface area contributed by atoms with Gasteiger partial charge in [0.15, 0.2) is 16.5 Å². The number of nitrogens with zero attached hydrogens (tertiary/aromatic N) is 1. The normalized spacial score (nSPS) is 10.4. The summed E-state index contributed by atoms with van der Waals surface area (Å²) in [4.78, 5) is 27.1. The minimum Gasteiger partial charge on any atom is -0.459 e. The monoisotopic (exact) mass is 344 g/mol. The Morgan fingerprint density at radius 2 is 2.04 bits per heavy atom. The number of hydrogen-bond donors (Lipinski definition) is 3. The van der Waals surface area contributed by atoms with Crippen LogP contribution in [0.3, 0.4) is 0 Å². The summed E-state index contributed by atoms with van der Waals surface area (Å²) in [6, 6.07) is 8.26. The van der Waals surface area contributed by atoms with Gasteiger partial charge in [-0.15, -0.1) is 0 Å². The van der Waals surface area contributed by atoms with Crippen molar-refractivity contribution in [3.8, 4) is 0 Å². The van der Waals surface area contributed by atoms with E-state index in [2.05, 4.69) is 20.9 Å². The number of hydrogen-bond acceptors (Lipinski definition) is 6.